The summed E-state index contributed by atoms with van der Waals surface area (Å²) in [5, 5.41) is 2.79. The molecule has 2 aromatic carbocycles. The Kier molecular flexibility index (Phi) is 6.75. The van der Waals surface area contributed by atoms with E-state index in [1.807, 2.05) is 61.5 Å². The van der Waals surface area contributed by atoms with E-state index >= 15 is 0 Å². The molecule has 124 valence electrons. The van der Waals surface area contributed by atoms with Crippen molar-refractivity contribution in [2.24, 2.45) is 0 Å². The number of carbonyl (C=O) groups excluding carboxylic acids is 2. The lowest BCUT2D eigenvalue weighted by Gasteiger charge is -2.13. The lowest BCUT2D eigenvalue weighted by Crippen LogP contribution is -2.30. The van der Waals surface area contributed by atoms with Crippen LogP contribution < -0.4 is 5.32 Å². The van der Waals surface area contributed by atoms with Crippen LogP contribution in [0.1, 0.15) is 24.1 Å². The van der Waals surface area contributed by atoms with E-state index in [9.17, 15) is 9.59 Å². The predicted molar refractivity (Wildman–Crippen MR) is 97.1 cm³/mol. The van der Waals surface area contributed by atoms with E-state index in [0.717, 1.165) is 15.6 Å². The van der Waals surface area contributed by atoms with Crippen molar-refractivity contribution in [2.45, 2.75) is 13.0 Å². The topological polar surface area (TPSA) is 55.4 Å². The number of amides is 1. The summed E-state index contributed by atoms with van der Waals surface area (Å²) in [6, 6.07) is 16.9. The molecule has 1 atom stereocenters. The van der Waals surface area contributed by atoms with Crippen molar-refractivity contribution in [1.29, 1.82) is 0 Å². The number of esters is 1. The fourth-order valence-corrected chi connectivity index (χ4v) is 2.48. The van der Waals surface area contributed by atoms with Gasteiger partial charge in [0.2, 0.25) is 0 Å². The fourth-order valence-electron chi connectivity index (χ4n) is 2.07. The second kappa shape index (κ2) is 9.03. The van der Waals surface area contributed by atoms with Crippen molar-refractivity contribution < 1.29 is 14.3 Å². The monoisotopic (exact) mass is 387 g/mol. The Bertz CT molecular complexity index is 728. The van der Waals surface area contributed by atoms with Crippen molar-refractivity contribution in [3.05, 3.63) is 76.3 Å². The quantitative estimate of drug-likeness (QED) is 0.604. The molecule has 0 saturated carbocycles. The Labute approximate surface area is 149 Å². The van der Waals surface area contributed by atoms with E-state index in [-0.39, 0.29) is 18.6 Å². The van der Waals surface area contributed by atoms with Crippen molar-refractivity contribution in [2.75, 3.05) is 6.61 Å². The third-order valence-corrected chi connectivity index (χ3v) is 3.78. The average Bonchev–Trinajstić information content (AvgIpc) is 2.59. The number of hydrogen-bond acceptors (Lipinski definition) is 3. The van der Waals surface area contributed by atoms with Gasteiger partial charge in [0.05, 0.1) is 6.04 Å². The minimum absolute atomic E-state index is 0.144. The molecule has 0 aromatic heterocycles. The molecule has 0 fully saturated rings. The zero-order valence-electron chi connectivity index (χ0n) is 13.2. The third kappa shape index (κ3) is 6.01. The molecule has 0 aliphatic carbocycles. The van der Waals surface area contributed by atoms with Gasteiger partial charge in [-0.1, -0.05) is 58.4 Å². The number of ether oxygens (including phenoxy) is 1. The Morgan fingerprint density at radius 3 is 2.62 bits per heavy atom. The Hall–Kier alpha value is -2.40. The lowest BCUT2D eigenvalue weighted by atomic mass is 10.1. The molecule has 5 heteroatoms. The Morgan fingerprint density at radius 2 is 1.92 bits per heavy atom. The van der Waals surface area contributed by atoms with E-state index in [4.69, 9.17) is 4.74 Å². The Balaban J connectivity index is 1.78. The molecule has 0 aliphatic rings. The molecule has 1 N–H and O–H groups in total. The first-order valence-corrected chi connectivity index (χ1v) is 8.28. The van der Waals surface area contributed by atoms with E-state index in [2.05, 4.69) is 21.2 Å². The zero-order chi connectivity index (χ0) is 17.4. The van der Waals surface area contributed by atoms with Gasteiger partial charge in [-0.3, -0.25) is 4.79 Å². The molecule has 0 aliphatic heterocycles. The van der Waals surface area contributed by atoms with Gasteiger partial charge < -0.3 is 10.1 Å². The highest BCUT2D eigenvalue weighted by molar-refractivity contribution is 9.10. The van der Waals surface area contributed by atoms with E-state index < -0.39 is 5.97 Å². The van der Waals surface area contributed by atoms with E-state index in [1.165, 1.54) is 6.08 Å². The average molecular weight is 388 g/mol. The molecule has 0 unspecified atom stereocenters. The minimum Gasteiger partial charge on any atom is -0.452 e. The zero-order valence-corrected chi connectivity index (χ0v) is 14.8. The van der Waals surface area contributed by atoms with Gasteiger partial charge in [0, 0.05) is 10.5 Å². The molecule has 1 amide bonds. The minimum atomic E-state index is -0.558. The van der Waals surface area contributed by atoms with Crippen LogP contribution in [0.4, 0.5) is 0 Å². The maximum absolute atomic E-state index is 11.8. The SMILES string of the molecule is C[C@H](NC(=O)COC(=O)/C=C/c1cccc(Br)c1)c1ccccc1. The highest BCUT2D eigenvalue weighted by Crippen LogP contribution is 2.13. The number of rotatable bonds is 6. The van der Waals surface area contributed by atoms with E-state index in [0.29, 0.717) is 0 Å². The largest absolute Gasteiger partial charge is 0.452 e. The first-order chi connectivity index (χ1) is 11.5. The highest BCUT2D eigenvalue weighted by Gasteiger charge is 2.10. The van der Waals surface area contributed by atoms with Crippen LogP contribution in [0.2, 0.25) is 0 Å². The number of benzene rings is 2. The molecule has 0 bridgehead atoms. The fraction of sp³-hybridized carbons (Fsp3) is 0.158. The molecule has 24 heavy (non-hydrogen) atoms. The summed E-state index contributed by atoms with van der Waals surface area (Å²) in [6.45, 7) is 1.57. The molecule has 0 saturated heterocycles. The summed E-state index contributed by atoms with van der Waals surface area (Å²) in [5.74, 6) is -0.895. The predicted octanol–water partition coefficient (Wildman–Crippen LogP) is 3.88. The van der Waals surface area contributed by atoms with Gasteiger partial charge in [0.15, 0.2) is 6.61 Å². The summed E-state index contributed by atoms with van der Waals surface area (Å²) in [5.41, 5.74) is 1.86. The van der Waals surface area contributed by atoms with Crippen LogP contribution in [0, 0.1) is 0 Å². The molecule has 0 spiro atoms. The summed E-state index contributed by atoms with van der Waals surface area (Å²) < 4.78 is 5.87. The van der Waals surface area contributed by atoms with Crippen LogP contribution in [0.15, 0.2) is 65.1 Å². The second-order valence-electron chi connectivity index (χ2n) is 5.20. The van der Waals surface area contributed by atoms with Crippen LogP contribution >= 0.6 is 15.9 Å². The van der Waals surface area contributed by atoms with Gasteiger partial charge in [0.1, 0.15) is 0 Å². The maximum Gasteiger partial charge on any atom is 0.331 e. The number of nitrogens with one attached hydrogen (secondary N) is 1. The summed E-state index contributed by atoms with van der Waals surface area (Å²) in [6.07, 6.45) is 2.94. The number of halogens is 1. The normalized spacial score (nSPS) is 11.9. The van der Waals surface area contributed by atoms with Crippen LogP contribution in [-0.2, 0) is 14.3 Å². The molecular formula is C19H18BrNO3. The molecule has 0 radical (unpaired) electrons. The molecular weight excluding hydrogens is 370 g/mol. The first-order valence-electron chi connectivity index (χ1n) is 7.49. The second-order valence-corrected chi connectivity index (χ2v) is 6.11. The van der Waals surface area contributed by atoms with Gasteiger partial charge in [-0.25, -0.2) is 4.79 Å². The highest BCUT2D eigenvalue weighted by atomic mass is 79.9. The third-order valence-electron chi connectivity index (χ3n) is 3.28. The van der Waals surface area contributed by atoms with Gasteiger partial charge in [-0.05, 0) is 36.3 Å². The van der Waals surface area contributed by atoms with Crippen LogP contribution in [0.25, 0.3) is 6.08 Å². The van der Waals surface area contributed by atoms with Crippen LogP contribution in [-0.4, -0.2) is 18.5 Å². The summed E-state index contributed by atoms with van der Waals surface area (Å²) in [7, 11) is 0. The number of carbonyl (C=O) groups is 2. The van der Waals surface area contributed by atoms with Crippen molar-refractivity contribution in [3.63, 3.8) is 0 Å². The van der Waals surface area contributed by atoms with Gasteiger partial charge in [-0.2, -0.15) is 0 Å². The number of hydrogen-bond donors (Lipinski definition) is 1. The summed E-state index contributed by atoms with van der Waals surface area (Å²) >= 11 is 3.36. The van der Waals surface area contributed by atoms with Gasteiger partial charge >= 0.3 is 5.97 Å². The van der Waals surface area contributed by atoms with Crippen LogP contribution in [0.5, 0.6) is 0 Å². The Morgan fingerprint density at radius 1 is 1.17 bits per heavy atom. The lowest BCUT2D eigenvalue weighted by molar-refractivity contribution is -0.144. The summed E-state index contributed by atoms with van der Waals surface area (Å²) in [4.78, 5) is 23.5. The van der Waals surface area contributed by atoms with Gasteiger partial charge in [0.25, 0.3) is 5.91 Å². The van der Waals surface area contributed by atoms with E-state index in [1.54, 1.807) is 6.08 Å². The molecule has 0 heterocycles. The van der Waals surface area contributed by atoms with Crippen molar-refractivity contribution in [3.8, 4) is 0 Å². The maximum atomic E-state index is 11.8. The van der Waals surface area contributed by atoms with Crippen molar-refractivity contribution in [1.82, 2.24) is 5.32 Å². The molecule has 2 aromatic rings. The molecule has 4 nitrogen and oxygen atoms in total. The molecule has 2 rings (SSSR count). The van der Waals surface area contributed by atoms with Gasteiger partial charge in [-0.15, -0.1) is 0 Å². The van der Waals surface area contributed by atoms with Crippen molar-refractivity contribution >= 4 is 33.9 Å². The first kappa shape index (κ1) is 17.9. The smallest absolute Gasteiger partial charge is 0.331 e. The van der Waals surface area contributed by atoms with Crippen LogP contribution in [0.3, 0.4) is 0 Å². The standard InChI is InChI=1S/C19H18BrNO3/c1-14(16-7-3-2-4-8-16)21-18(22)13-24-19(23)11-10-15-6-5-9-17(20)12-15/h2-12,14H,13H2,1H3,(H,21,22)/b11-10+/t14-/m0/s1.